The molecule has 0 bridgehead atoms. The van der Waals surface area contributed by atoms with E-state index in [9.17, 15) is 18.0 Å². The summed E-state index contributed by atoms with van der Waals surface area (Å²) in [5.41, 5.74) is -0.812. The molecule has 8 heteroatoms. The van der Waals surface area contributed by atoms with Crippen LogP contribution in [0.2, 0.25) is 0 Å². The van der Waals surface area contributed by atoms with Crippen LogP contribution in [0.4, 0.5) is 4.79 Å². The Hall–Kier alpha value is -1.31. The van der Waals surface area contributed by atoms with Gasteiger partial charge in [0.15, 0.2) is 0 Å². The Balaban J connectivity index is 2.35. The fourth-order valence-electron chi connectivity index (χ4n) is 1.40. The first-order valence-electron chi connectivity index (χ1n) is 5.56. The first-order valence-corrected chi connectivity index (χ1v) is 7.62. The second-order valence-electron chi connectivity index (χ2n) is 4.80. The highest BCUT2D eigenvalue weighted by atomic mass is 32.2. The molecule has 0 spiro atoms. The van der Waals surface area contributed by atoms with Gasteiger partial charge < -0.3 is 15.3 Å². The summed E-state index contributed by atoms with van der Waals surface area (Å²) in [7, 11) is -1.64. The molecule has 104 valence electrons. The fourth-order valence-corrected chi connectivity index (χ4v) is 2.01. The molecule has 0 unspecified atom stereocenters. The third-order valence-corrected chi connectivity index (χ3v) is 3.95. The Morgan fingerprint density at radius 3 is 2.33 bits per heavy atom. The number of nitrogens with zero attached hydrogens (tertiary/aromatic N) is 1. The van der Waals surface area contributed by atoms with Gasteiger partial charge in [0.05, 0.1) is 11.2 Å². The quantitative estimate of drug-likeness (QED) is 0.684. The minimum absolute atomic E-state index is 0.0877. The highest BCUT2D eigenvalue weighted by molar-refractivity contribution is 7.90. The molecular formula is C10H18N2O5S. The van der Waals surface area contributed by atoms with E-state index in [0.717, 1.165) is 6.26 Å². The Morgan fingerprint density at radius 2 is 1.94 bits per heavy atom. The van der Waals surface area contributed by atoms with E-state index in [1.54, 1.807) is 0 Å². The van der Waals surface area contributed by atoms with Crippen LogP contribution in [0.3, 0.4) is 0 Å². The first-order chi connectivity index (χ1) is 8.16. The summed E-state index contributed by atoms with van der Waals surface area (Å²) in [5.74, 6) is -1.01. The number of amides is 2. The number of nitrogens with one attached hydrogen (secondary N) is 1. The molecule has 2 amide bonds. The van der Waals surface area contributed by atoms with Gasteiger partial charge in [0.25, 0.3) is 0 Å². The van der Waals surface area contributed by atoms with Gasteiger partial charge in [-0.3, -0.25) is 4.79 Å². The number of urea groups is 1. The van der Waals surface area contributed by atoms with E-state index in [0.29, 0.717) is 12.8 Å². The first kappa shape index (κ1) is 14.7. The predicted octanol–water partition coefficient (Wildman–Crippen LogP) is -0.463. The molecule has 0 saturated heterocycles. The van der Waals surface area contributed by atoms with Gasteiger partial charge in [0.1, 0.15) is 9.84 Å². The molecule has 0 aliphatic heterocycles. The Morgan fingerprint density at radius 1 is 1.39 bits per heavy atom. The molecule has 1 saturated carbocycles. The van der Waals surface area contributed by atoms with Crippen LogP contribution in [0.15, 0.2) is 0 Å². The number of sulfone groups is 1. The molecule has 0 heterocycles. The van der Waals surface area contributed by atoms with E-state index in [1.165, 1.54) is 11.9 Å². The second-order valence-corrected chi connectivity index (χ2v) is 7.06. The van der Waals surface area contributed by atoms with Gasteiger partial charge in [-0.2, -0.15) is 0 Å². The van der Waals surface area contributed by atoms with E-state index < -0.39 is 27.3 Å². The van der Waals surface area contributed by atoms with E-state index in [4.69, 9.17) is 5.11 Å². The average molecular weight is 278 g/mol. The van der Waals surface area contributed by atoms with Crippen molar-refractivity contribution >= 4 is 21.8 Å². The molecule has 1 rings (SSSR count). The van der Waals surface area contributed by atoms with Crippen LogP contribution in [0, 0.1) is 5.41 Å². The van der Waals surface area contributed by atoms with Crippen molar-refractivity contribution < 1.29 is 23.1 Å². The molecule has 0 aromatic heterocycles. The highest BCUT2D eigenvalue weighted by Gasteiger charge is 2.50. The zero-order valence-corrected chi connectivity index (χ0v) is 11.3. The number of rotatable bonds is 6. The van der Waals surface area contributed by atoms with Crippen molar-refractivity contribution in [2.24, 2.45) is 5.41 Å². The minimum Gasteiger partial charge on any atom is -0.481 e. The summed E-state index contributed by atoms with van der Waals surface area (Å²) in [4.78, 5) is 23.7. The van der Waals surface area contributed by atoms with E-state index >= 15 is 0 Å². The lowest BCUT2D eigenvalue weighted by Crippen LogP contribution is -2.43. The SMILES string of the molecule is CN(CCS(C)(=O)=O)C(=O)NCC1(C(=O)O)CC1. The largest absolute Gasteiger partial charge is 0.481 e. The molecule has 0 aromatic carbocycles. The van der Waals surface area contributed by atoms with Crippen molar-refractivity contribution in [3.8, 4) is 0 Å². The lowest BCUT2D eigenvalue weighted by Gasteiger charge is -2.19. The topological polar surface area (TPSA) is 104 Å². The summed E-state index contributed by atoms with van der Waals surface area (Å²) in [6.45, 7) is 0.176. The molecule has 1 aliphatic rings. The zero-order valence-electron chi connectivity index (χ0n) is 10.5. The minimum atomic E-state index is -3.11. The standard InChI is InChI=1S/C10H18N2O5S/c1-12(5-6-18(2,16)17)9(15)11-7-10(3-4-10)8(13)14/h3-7H2,1-2H3,(H,11,15)(H,13,14). The van der Waals surface area contributed by atoms with E-state index in [2.05, 4.69) is 5.32 Å². The normalized spacial score (nSPS) is 17.0. The summed E-state index contributed by atoms with van der Waals surface area (Å²) in [5, 5.41) is 11.4. The molecule has 7 nitrogen and oxygen atoms in total. The third kappa shape index (κ3) is 4.17. The van der Waals surface area contributed by atoms with Crippen LogP contribution in [0.5, 0.6) is 0 Å². The summed E-state index contributed by atoms with van der Waals surface area (Å²) in [6, 6.07) is -0.453. The Bertz CT molecular complexity index is 441. The van der Waals surface area contributed by atoms with Gasteiger partial charge in [-0.15, -0.1) is 0 Å². The van der Waals surface area contributed by atoms with Crippen LogP contribution < -0.4 is 5.32 Å². The zero-order chi connectivity index (χ0) is 14.0. The molecule has 0 aromatic rings. The van der Waals surface area contributed by atoms with Gasteiger partial charge in [-0.25, -0.2) is 13.2 Å². The summed E-state index contributed by atoms with van der Waals surface area (Å²) >= 11 is 0. The van der Waals surface area contributed by atoms with Crippen LogP contribution in [-0.2, 0) is 14.6 Å². The number of carbonyl (C=O) groups excluding carboxylic acids is 1. The molecule has 1 aliphatic carbocycles. The second kappa shape index (κ2) is 5.13. The van der Waals surface area contributed by atoms with Crippen molar-refractivity contribution in [1.29, 1.82) is 0 Å². The van der Waals surface area contributed by atoms with Gasteiger partial charge in [0, 0.05) is 26.4 Å². The molecule has 0 radical (unpaired) electrons. The average Bonchev–Trinajstić information content (AvgIpc) is 3.02. The number of carboxylic acids is 1. The third-order valence-electron chi connectivity index (χ3n) is 3.03. The monoisotopic (exact) mass is 278 g/mol. The summed E-state index contributed by atoms with van der Waals surface area (Å²) in [6.07, 6.45) is 2.23. The van der Waals surface area contributed by atoms with Crippen LogP contribution in [-0.4, -0.2) is 62.6 Å². The predicted molar refractivity (Wildman–Crippen MR) is 65.0 cm³/mol. The van der Waals surface area contributed by atoms with Crippen LogP contribution in [0.1, 0.15) is 12.8 Å². The lowest BCUT2D eigenvalue weighted by molar-refractivity contribution is -0.143. The van der Waals surface area contributed by atoms with Crippen molar-refractivity contribution in [2.45, 2.75) is 12.8 Å². The molecule has 18 heavy (non-hydrogen) atoms. The Kier molecular flexibility index (Phi) is 4.20. The fraction of sp³-hybridized carbons (Fsp3) is 0.800. The highest BCUT2D eigenvalue weighted by Crippen LogP contribution is 2.45. The number of hydrogen-bond donors (Lipinski definition) is 2. The van der Waals surface area contributed by atoms with Gasteiger partial charge in [-0.1, -0.05) is 0 Å². The molecule has 0 atom stereocenters. The van der Waals surface area contributed by atoms with Crippen molar-refractivity contribution in [3.63, 3.8) is 0 Å². The lowest BCUT2D eigenvalue weighted by atomic mass is 10.1. The van der Waals surface area contributed by atoms with Crippen molar-refractivity contribution in [2.75, 3.05) is 32.1 Å². The number of carbonyl (C=O) groups is 2. The maximum Gasteiger partial charge on any atom is 0.317 e. The molecule has 1 fully saturated rings. The van der Waals surface area contributed by atoms with Crippen molar-refractivity contribution in [3.05, 3.63) is 0 Å². The molecule has 2 N–H and O–H groups in total. The smallest absolute Gasteiger partial charge is 0.317 e. The number of hydrogen-bond acceptors (Lipinski definition) is 4. The number of carboxylic acid groups (broad SMARTS) is 1. The van der Waals surface area contributed by atoms with Crippen LogP contribution in [0.25, 0.3) is 0 Å². The summed E-state index contributed by atoms with van der Waals surface area (Å²) < 4.78 is 21.9. The van der Waals surface area contributed by atoms with Gasteiger partial charge in [-0.05, 0) is 12.8 Å². The van der Waals surface area contributed by atoms with E-state index in [-0.39, 0.29) is 18.8 Å². The Labute approximate surface area is 106 Å². The maximum atomic E-state index is 11.6. The van der Waals surface area contributed by atoms with Gasteiger partial charge >= 0.3 is 12.0 Å². The van der Waals surface area contributed by atoms with Gasteiger partial charge in [0.2, 0.25) is 0 Å². The van der Waals surface area contributed by atoms with Crippen molar-refractivity contribution in [1.82, 2.24) is 10.2 Å². The number of aliphatic carboxylic acids is 1. The molecular weight excluding hydrogens is 260 g/mol. The van der Waals surface area contributed by atoms with E-state index in [1.807, 2.05) is 0 Å². The van der Waals surface area contributed by atoms with Crippen LogP contribution >= 0.6 is 0 Å². The maximum absolute atomic E-state index is 11.6.